The lowest BCUT2D eigenvalue weighted by molar-refractivity contribution is 0.163. The minimum atomic E-state index is -0.244. The Balaban J connectivity index is 2.43. The minimum absolute atomic E-state index is 0.0957. The lowest BCUT2D eigenvalue weighted by Crippen LogP contribution is -2.21. The van der Waals surface area contributed by atoms with Crippen LogP contribution in [0.25, 0.3) is 0 Å². The van der Waals surface area contributed by atoms with Crippen LogP contribution in [0.15, 0.2) is 12.1 Å². The fourth-order valence-corrected chi connectivity index (χ4v) is 2.37. The second-order valence-corrected chi connectivity index (χ2v) is 5.27. The summed E-state index contributed by atoms with van der Waals surface area (Å²) in [6.07, 6.45) is 0.547. The molecule has 0 fully saturated rings. The summed E-state index contributed by atoms with van der Waals surface area (Å²) in [6.45, 7) is 3.47. The van der Waals surface area contributed by atoms with Crippen LogP contribution in [-0.4, -0.2) is 41.4 Å². The molecule has 1 aromatic rings. The van der Waals surface area contributed by atoms with Crippen molar-refractivity contribution in [2.24, 2.45) is 0 Å². The molecule has 94 valence electrons. The van der Waals surface area contributed by atoms with Crippen LogP contribution in [0.4, 0.5) is 0 Å². The van der Waals surface area contributed by atoms with E-state index in [1.54, 1.807) is 11.3 Å². The summed E-state index contributed by atoms with van der Waals surface area (Å²) in [7, 11) is 2.04. The van der Waals surface area contributed by atoms with E-state index in [1.165, 1.54) is 4.88 Å². The number of thiophene rings is 1. The maximum Gasteiger partial charge on any atom is 0.104 e. The fourth-order valence-electron chi connectivity index (χ4n) is 1.41. The Bertz CT molecular complexity index is 390. The Morgan fingerprint density at radius 3 is 2.88 bits per heavy atom. The van der Waals surface area contributed by atoms with Gasteiger partial charge in [0.05, 0.1) is 11.0 Å². The van der Waals surface area contributed by atoms with Crippen LogP contribution in [-0.2, 0) is 6.54 Å². The van der Waals surface area contributed by atoms with Crippen LogP contribution < -0.4 is 0 Å². The number of rotatable bonds is 5. The van der Waals surface area contributed by atoms with Gasteiger partial charge in [0.2, 0.25) is 0 Å². The highest BCUT2D eigenvalue weighted by Gasteiger charge is 2.04. The molecule has 0 aliphatic carbocycles. The molecule has 17 heavy (non-hydrogen) atoms. The van der Waals surface area contributed by atoms with Gasteiger partial charge in [-0.3, -0.25) is 0 Å². The van der Waals surface area contributed by atoms with Gasteiger partial charge in [0.25, 0.3) is 0 Å². The Morgan fingerprint density at radius 1 is 1.47 bits per heavy atom. The molecule has 1 rings (SSSR count). The third-order valence-corrected chi connectivity index (χ3v) is 3.29. The topological polar surface area (TPSA) is 43.7 Å². The predicted molar refractivity (Wildman–Crippen MR) is 70.9 cm³/mol. The Hall–Kier alpha value is -0.860. The molecule has 1 heterocycles. The van der Waals surface area contributed by atoms with E-state index >= 15 is 0 Å². The van der Waals surface area contributed by atoms with E-state index < -0.39 is 0 Å². The molecule has 0 aliphatic heterocycles. The van der Waals surface area contributed by atoms with E-state index in [2.05, 4.69) is 22.8 Å². The van der Waals surface area contributed by atoms with E-state index in [0.29, 0.717) is 0 Å². The molecular weight excluding hydrogens is 234 g/mol. The van der Waals surface area contributed by atoms with E-state index in [9.17, 15) is 5.11 Å². The molecule has 2 N–H and O–H groups in total. The Morgan fingerprint density at radius 2 is 2.24 bits per heavy atom. The van der Waals surface area contributed by atoms with Gasteiger partial charge >= 0.3 is 0 Å². The number of nitrogens with zero attached hydrogens (tertiary/aromatic N) is 1. The summed E-state index contributed by atoms with van der Waals surface area (Å²) in [6, 6.07) is 4.04. The quantitative estimate of drug-likeness (QED) is 0.777. The van der Waals surface area contributed by atoms with Gasteiger partial charge < -0.3 is 15.1 Å². The largest absolute Gasteiger partial charge is 0.393 e. The van der Waals surface area contributed by atoms with Crippen molar-refractivity contribution >= 4 is 11.3 Å². The van der Waals surface area contributed by atoms with Crippen molar-refractivity contribution in [3.63, 3.8) is 0 Å². The molecule has 0 amide bonds. The fraction of sp³-hybridized carbons (Fsp3) is 0.538. The smallest absolute Gasteiger partial charge is 0.104 e. The first-order valence-corrected chi connectivity index (χ1v) is 6.48. The van der Waals surface area contributed by atoms with Gasteiger partial charge in [-0.1, -0.05) is 11.8 Å². The molecule has 1 atom stereocenters. The van der Waals surface area contributed by atoms with Crippen molar-refractivity contribution in [1.29, 1.82) is 0 Å². The highest BCUT2D eigenvalue weighted by Crippen LogP contribution is 2.17. The number of aliphatic hydroxyl groups is 2. The minimum Gasteiger partial charge on any atom is -0.393 e. The SMILES string of the molecule is CC(O)CCN(C)Cc1ccc(C#CCO)s1. The molecule has 0 aliphatic rings. The first-order valence-electron chi connectivity index (χ1n) is 5.67. The zero-order valence-corrected chi connectivity index (χ0v) is 11.1. The summed E-state index contributed by atoms with van der Waals surface area (Å²) in [5.41, 5.74) is 0. The first-order chi connectivity index (χ1) is 8.11. The molecule has 0 radical (unpaired) electrons. The van der Waals surface area contributed by atoms with Gasteiger partial charge in [0.1, 0.15) is 6.61 Å². The summed E-state index contributed by atoms with van der Waals surface area (Å²) in [4.78, 5) is 4.42. The van der Waals surface area contributed by atoms with Crippen molar-refractivity contribution in [2.75, 3.05) is 20.2 Å². The van der Waals surface area contributed by atoms with Crippen LogP contribution in [0.2, 0.25) is 0 Å². The molecule has 0 saturated carbocycles. The molecule has 0 spiro atoms. The van der Waals surface area contributed by atoms with Crippen LogP contribution in [0, 0.1) is 11.8 Å². The van der Waals surface area contributed by atoms with Crippen LogP contribution in [0.3, 0.4) is 0 Å². The molecule has 1 unspecified atom stereocenters. The highest BCUT2D eigenvalue weighted by molar-refractivity contribution is 7.12. The van der Waals surface area contributed by atoms with Crippen LogP contribution >= 0.6 is 11.3 Å². The van der Waals surface area contributed by atoms with Gasteiger partial charge in [0.15, 0.2) is 0 Å². The summed E-state index contributed by atoms with van der Waals surface area (Å²) in [5, 5.41) is 17.8. The predicted octanol–water partition coefficient (Wildman–Crippen LogP) is 1.29. The van der Waals surface area contributed by atoms with Crippen molar-refractivity contribution in [2.45, 2.75) is 26.0 Å². The summed E-state index contributed by atoms with van der Waals surface area (Å²) >= 11 is 1.65. The van der Waals surface area contributed by atoms with Crippen molar-refractivity contribution < 1.29 is 10.2 Å². The van der Waals surface area contributed by atoms with Crippen molar-refractivity contribution in [1.82, 2.24) is 4.90 Å². The molecule has 0 bridgehead atoms. The zero-order chi connectivity index (χ0) is 12.7. The average molecular weight is 253 g/mol. The molecule has 0 aromatic carbocycles. The van der Waals surface area contributed by atoms with Crippen molar-refractivity contribution in [3.05, 3.63) is 21.9 Å². The number of aliphatic hydroxyl groups excluding tert-OH is 2. The second-order valence-electron chi connectivity index (χ2n) is 4.10. The van der Waals surface area contributed by atoms with Gasteiger partial charge in [-0.15, -0.1) is 11.3 Å². The zero-order valence-electron chi connectivity index (χ0n) is 10.3. The summed E-state index contributed by atoms with van der Waals surface area (Å²) in [5.74, 6) is 5.54. The van der Waals surface area contributed by atoms with Crippen LogP contribution in [0.5, 0.6) is 0 Å². The molecular formula is C13H19NO2S. The van der Waals surface area contributed by atoms with Gasteiger partial charge in [-0.2, -0.15) is 0 Å². The molecule has 0 saturated heterocycles. The molecule has 4 heteroatoms. The van der Waals surface area contributed by atoms with Gasteiger partial charge in [-0.05, 0) is 32.5 Å². The third-order valence-electron chi connectivity index (χ3n) is 2.31. The maximum absolute atomic E-state index is 9.20. The van der Waals surface area contributed by atoms with E-state index in [0.717, 1.165) is 24.4 Å². The number of hydrogen-bond donors (Lipinski definition) is 2. The van der Waals surface area contributed by atoms with Crippen molar-refractivity contribution in [3.8, 4) is 11.8 Å². The Kier molecular flexibility index (Phi) is 6.23. The third kappa shape index (κ3) is 5.85. The normalized spacial score (nSPS) is 12.3. The van der Waals surface area contributed by atoms with Gasteiger partial charge in [0, 0.05) is 18.0 Å². The Labute approximate surface area is 107 Å². The maximum atomic E-state index is 9.20. The lowest BCUT2D eigenvalue weighted by atomic mass is 10.3. The average Bonchev–Trinajstić information content (AvgIpc) is 2.71. The lowest BCUT2D eigenvalue weighted by Gasteiger charge is -2.16. The van der Waals surface area contributed by atoms with E-state index in [4.69, 9.17) is 5.11 Å². The van der Waals surface area contributed by atoms with Crippen LogP contribution in [0.1, 0.15) is 23.1 Å². The standard InChI is InChI=1S/C13H19NO2S/c1-11(16)7-8-14(2)10-13-6-5-12(17-13)4-3-9-15/h5-6,11,15-16H,7-10H2,1-2H3. The highest BCUT2D eigenvalue weighted by atomic mass is 32.1. The monoisotopic (exact) mass is 253 g/mol. The number of hydrogen-bond acceptors (Lipinski definition) is 4. The van der Waals surface area contributed by atoms with E-state index in [1.807, 2.05) is 20.0 Å². The van der Waals surface area contributed by atoms with Gasteiger partial charge in [-0.25, -0.2) is 0 Å². The summed E-state index contributed by atoms with van der Waals surface area (Å²) < 4.78 is 0. The molecule has 3 nitrogen and oxygen atoms in total. The van der Waals surface area contributed by atoms with E-state index in [-0.39, 0.29) is 12.7 Å². The molecule has 1 aromatic heterocycles. The first kappa shape index (κ1) is 14.2. The second kappa shape index (κ2) is 7.46.